The molecule has 3 aromatic carbocycles. The number of aromatic nitrogens is 1. The summed E-state index contributed by atoms with van der Waals surface area (Å²) in [6, 6.07) is 14.4. The molecular weight excluding hydrogens is 646 g/mol. The summed E-state index contributed by atoms with van der Waals surface area (Å²) in [6.45, 7) is 4.70. The van der Waals surface area contributed by atoms with Gasteiger partial charge in [0.2, 0.25) is 11.8 Å². The third-order valence-electron chi connectivity index (χ3n) is 9.23. The lowest BCUT2D eigenvalue weighted by Crippen LogP contribution is -2.38. The summed E-state index contributed by atoms with van der Waals surface area (Å²) in [4.78, 5) is 44.7. The van der Waals surface area contributed by atoms with Crippen LogP contribution in [0.4, 0.5) is 20.2 Å². The zero-order valence-electron chi connectivity index (χ0n) is 28.1. The van der Waals surface area contributed by atoms with Gasteiger partial charge in [-0.3, -0.25) is 24.3 Å². The fourth-order valence-electron chi connectivity index (χ4n) is 6.11. The molecule has 1 saturated heterocycles. The third kappa shape index (κ3) is 8.02. The predicted octanol–water partition coefficient (Wildman–Crippen LogP) is 7.13. The molecule has 0 unspecified atom stereocenters. The van der Waals surface area contributed by atoms with Gasteiger partial charge in [-0.15, -0.1) is 0 Å². The number of nitrogens with zero attached hydrogens (tertiary/aromatic N) is 2. The number of Topliss-reactive ketones (excluding diaryl/α,β-unsaturated/α-hetero) is 1. The molecule has 1 aliphatic carbocycles. The molecule has 10 nitrogen and oxygen atoms in total. The highest BCUT2D eigenvalue weighted by Crippen LogP contribution is 2.48. The number of hydrogen-bond acceptors (Lipinski definition) is 8. The maximum absolute atomic E-state index is 15.4. The smallest absolute Gasteiger partial charge is 0.240 e. The molecule has 1 aliphatic heterocycles. The Balaban J connectivity index is 1.10. The van der Waals surface area contributed by atoms with Crippen LogP contribution in [0.3, 0.4) is 0 Å². The molecule has 2 N–H and O–H groups in total. The second-order valence-electron chi connectivity index (χ2n) is 12.9. The number of likely N-dealkylation sites (tertiary alicyclic amines) is 1. The lowest BCUT2D eigenvalue weighted by molar-refractivity contribution is -0.131. The Morgan fingerprint density at radius 1 is 0.880 bits per heavy atom. The van der Waals surface area contributed by atoms with Crippen LogP contribution in [0.1, 0.15) is 45.4 Å². The maximum atomic E-state index is 15.4. The second-order valence-corrected chi connectivity index (χ2v) is 12.9. The first-order valence-corrected chi connectivity index (χ1v) is 16.9. The van der Waals surface area contributed by atoms with Gasteiger partial charge in [-0.2, -0.15) is 0 Å². The van der Waals surface area contributed by atoms with Gasteiger partial charge in [0.05, 0.1) is 25.8 Å². The van der Waals surface area contributed by atoms with E-state index in [1.165, 1.54) is 36.4 Å². The van der Waals surface area contributed by atoms with Crippen LogP contribution in [0.25, 0.3) is 10.9 Å². The SMILES string of the molecule is CCCC(=O)CN1CCC(COc2cc3c(Oc4ccc(NC(=O)C5(C(=O)Nc6ccc(F)cc6)CC5)cc4F)ccnc3cc2OC)CC1. The van der Waals surface area contributed by atoms with Gasteiger partial charge in [0.25, 0.3) is 0 Å². The number of fused-ring (bicyclic) bond motifs is 1. The van der Waals surface area contributed by atoms with Crippen LogP contribution in [0.5, 0.6) is 23.0 Å². The summed E-state index contributed by atoms with van der Waals surface area (Å²) in [7, 11) is 1.55. The number of piperidine rings is 1. The average molecular weight is 687 g/mol. The van der Waals surface area contributed by atoms with E-state index >= 15 is 4.39 Å². The first kappa shape index (κ1) is 34.8. The van der Waals surface area contributed by atoms with Crippen molar-refractivity contribution in [2.75, 3.05) is 44.0 Å². The van der Waals surface area contributed by atoms with E-state index in [9.17, 15) is 18.8 Å². The van der Waals surface area contributed by atoms with E-state index < -0.39 is 28.9 Å². The minimum atomic E-state index is -1.29. The van der Waals surface area contributed by atoms with Gasteiger partial charge >= 0.3 is 0 Å². The summed E-state index contributed by atoms with van der Waals surface area (Å²) in [6.07, 6.45) is 5.55. The number of hydrogen-bond donors (Lipinski definition) is 2. The van der Waals surface area contributed by atoms with E-state index in [1.807, 2.05) is 6.92 Å². The Labute approximate surface area is 289 Å². The molecule has 0 spiro atoms. The Kier molecular flexibility index (Phi) is 10.6. The van der Waals surface area contributed by atoms with Gasteiger partial charge in [-0.25, -0.2) is 8.78 Å². The molecule has 4 aromatic rings. The summed E-state index contributed by atoms with van der Waals surface area (Å²) in [5, 5.41) is 5.89. The number of methoxy groups -OCH3 is 1. The molecule has 2 aliphatic rings. The Bertz CT molecular complexity index is 1870. The van der Waals surface area contributed by atoms with Crippen LogP contribution < -0.4 is 24.8 Å². The minimum absolute atomic E-state index is 0.0758. The van der Waals surface area contributed by atoms with Gasteiger partial charge in [0, 0.05) is 41.5 Å². The Hall–Kier alpha value is -5.10. The number of pyridine rings is 1. The molecule has 2 amide bonds. The minimum Gasteiger partial charge on any atom is -0.493 e. The van der Waals surface area contributed by atoms with E-state index in [0.29, 0.717) is 72.2 Å². The number of carbonyl (C=O) groups excluding carboxylic acids is 3. The van der Waals surface area contributed by atoms with Crippen LogP contribution in [-0.4, -0.2) is 60.8 Å². The average Bonchev–Trinajstić information content (AvgIpc) is 3.93. The quantitative estimate of drug-likeness (QED) is 0.135. The van der Waals surface area contributed by atoms with Crippen LogP contribution in [-0.2, 0) is 14.4 Å². The second kappa shape index (κ2) is 15.2. The van der Waals surface area contributed by atoms with Crippen molar-refractivity contribution in [2.45, 2.75) is 45.4 Å². The highest BCUT2D eigenvalue weighted by Gasteiger charge is 2.56. The molecule has 50 heavy (non-hydrogen) atoms. The fourth-order valence-corrected chi connectivity index (χ4v) is 6.11. The van der Waals surface area contributed by atoms with E-state index in [-0.39, 0.29) is 17.2 Å². The standard InChI is InChI=1S/C38H40F2N4O6/c1-3-4-28(45)22-44-17-12-24(13-18-44)23-49-35-20-29-31(21-34(35)48-2)41-16-11-32(29)50-33-10-9-27(19-30(33)40)43-37(47)38(14-15-38)36(46)42-26-7-5-25(39)6-8-26/h5-11,16,19-21,24H,3-4,12-15,17-18,22-23H2,1-2H3,(H,42,46)(H,43,47). The number of carbonyl (C=O) groups is 3. The highest BCUT2D eigenvalue weighted by molar-refractivity contribution is 6.16. The summed E-state index contributed by atoms with van der Waals surface area (Å²) >= 11 is 0. The number of ether oxygens (including phenoxy) is 3. The van der Waals surface area contributed by atoms with Gasteiger partial charge in [-0.1, -0.05) is 6.92 Å². The number of amides is 2. The number of benzene rings is 3. The largest absolute Gasteiger partial charge is 0.493 e. The first-order chi connectivity index (χ1) is 24.2. The highest BCUT2D eigenvalue weighted by atomic mass is 19.1. The molecule has 1 aromatic heterocycles. The maximum Gasteiger partial charge on any atom is 0.240 e. The van der Waals surface area contributed by atoms with Crippen molar-refractivity contribution in [3.05, 3.63) is 78.5 Å². The van der Waals surface area contributed by atoms with Crippen LogP contribution >= 0.6 is 0 Å². The molecule has 0 bridgehead atoms. The molecule has 0 atom stereocenters. The monoisotopic (exact) mass is 686 g/mol. The molecule has 262 valence electrons. The first-order valence-electron chi connectivity index (χ1n) is 16.9. The molecule has 2 fully saturated rings. The van der Waals surface area contributed by atoms with Crippen molar-refractivity contribution in [2.24, 2.45) is 11.3 Å². The van der Waals surface area contributed by atoms with E-state index in [0.717, 1.165) is 38.4 Å². The number of nitrogens with one attached hydrogen (secondary N) is 2. The summed E-state index contributed by atoms with van der Waals surface area (Å²) in [5.41, 5.74) is -0.186. The molecule has 1 saturated carbocycles. The Morgan fingerprint density at radius 2 is 1.58 bits per heavy atom. The fraction of sp³-hybridized carbons (Fsp3) is 0.368. The van der Waals surface area contributed by atoms with Crippen molar-refractivity contribution in [1.29, 1.82) is 0 Å². The predicted molar refractivity (Wildman–Crippen MR) is 185 cm³/mol. The zero-order valence-corrected chi connectivity index (χ0v) is 28.1. The van der Waals surface area contributed by atoms with E-state index in [1.54, 1.807) is 31.5 Å². The number of ketones is 1. The Morgan fingerprint density at radius 3 is 2.24 bits per heavy atom. The van der Waals surface area contributed by atoms with E-state index in [2.05, 4.69) is 20.5 Å². The van der Waals surface area contributed by atoms with Crippen LogP contribution in [0, 0.1) is 23.0 Å². The number of halogens is 2. The summed E-state index contributed by atoms with van der Waals surface area (Å²) < 4.78 is 46.5. The number of rotatable bonds is 14. The zero-order chi connectivity index (χ0) is 35.3. The van der Waals surface area contributed by atoms with Crippen molar-refractivity contribution in [3.8, 4) is 23.0 Å². The van der Waals surface area contributed by atoms with Gasteiger partial charge in [0.15, 0.2) is 23.1 Å². The normalized spacial score (nSPS) is 15.7. The molecule has 2 heterocycles. The molecular formula is C38H40F2N4O6. The van der Waals surface area contributed by atoms with Crippen molar-refractivity contribution < 1.29 is 37.4 Å². The summed E-state index contributed by atoms with van der Waals surface area (Å²) in [5.74, 6) is -0.331. The van der Waals surface area contributed by atoms with Gasteiger partial charge < -0.3 is 24.8 Å². The topological polar surface area (TPSA) is 119 Å². The molecule has 0 radical (unpaired) electrons. The lowest BCUT2D eigenvalue weighted by Gasteiger charge is -2.31. The van der Waals surface area contributed by atoms with Gasteiger partial charge in [0.1, 0.15) is 22.8 Å². The third-order valence-corrected chi connectivity index (χ3v) is 9.23. The number of anilines is 2. The molecule has 6 rings (SSSR count). The molecule has 12 heteroatoms. The van der Waals surface area contributed by atoms with Crippen molar-refractivity contribution in [3.63, 3.8) is 0 Å². The lowest BCUT2D eigenvalue weighted by atomic mass is 9.97. The van der Waals surface area contributed by atoms with Crippen molar-refractivity contribution >= 4 is 39.9 Å². The van der Waals surface area contributed by atoms with Crippen LogP contribution in [0.15, 0.2) is 66.9 Å². The van der Waals surface area contributed by atoms with Crippen molar-refractivity contribution in [1.82, 2.24) is 9.88 Å². The van der Waals surface area contributed by atoms with Gasteiger partial charge in [-0.05, 0) is 99.6 Å². The van der Waals surface area contributed by atoms with E-state index in [4.69, 9.17) is 14.2 Å². The van der Waals surface area contributed by atoms with Crippen LogP contribution in [0.2, 0.25) is 0 Å².